The van der Waals surface area contributed by atoms with Crippen LogP contribution in [0.2, 0.25) is 10.0 Å². The first kappa shape index (κ1) is 25.9. The molecule has 174 valence electrons. The molecule has 0 spiro atoms. The Morgan fingerprint density at radius 2 is 1.68 bits per heavy atom. The molecule has 0 aliphatic carbocycles. The van der Waals surface area contributed by atoms with Crippen molar-refractivity contribution in [1.82, 2.24) is 18.8 Å². The van der Waals surface area contributed by atoms with Crippen LogP contribution < -0.4 is 5.32 Å². The lowest BCUT2D eigenvalue weighted by Gasteiger charge is -2.38. The molecule has 1 saturated heterocycles. The van der Waals surface area contributed by atoms with E-state index in [-0.39, 0.29) is 48.6 Å². The van der Waals surface area contributed by atoms with Gasteiger partial charge in [0.1, 0.15) is 6.04 Å². The first-order valence-corrected chi connectivity index (χ1v) is 12.5. The van der Waals surface area contributed by atoms with E-state index < -0.39 is 22.2 Å². The summed E-state index contributed by atoms with van der Waals surface area (Å²) in [7, 11) is -3.54. The Hall–Kier alpha value is -1.39. The van der Waals surface area contributed by atoms with Gasteiger partial charge in [0.25, 0.3) is 16.1 Å². The molecule has 1 fully saturated rings. The summed E-state index contributed by atoms with van der Waals surface area (Å²) in [6.07, 6.45) is 0. The Morgan fingerprint density at radius 3 is 2.16 bits per heavy atom. The molecule has 0 aromatic heterocycles. The van der Waals surface area contributed by atoms with Gasteiger partial charge in [0, 0.05) is 44.3 Å². The minimum absolute atomic E-state index is 0.167. The van der Waals surface area contributed by atoms with Gasteiger partial charge in [-0.15, -0.1) is 0 Å². The number of benzene rings is 1. The number of piperazine rings is 1. The molecule has 8 nitrogen and oxygen atoms in total. The molecule has 31 heavy (non-hydrogen) atoms. The maximum atomic E-state index is 13.1. The van der Waals surface area contributed by atoms with E-state index >= 15 is 0 Å². The summed E-state index contributed by atoms with van der Waals surface area (Å²) in [5.74, 6) is -0.871. The van der Waals surface area contributed by atoms with E-state index in [2.05, 4.69) is 5.32 Å². The third-order valence-corrected chi connectivity index (χ3v) is 8.04. The van der Waals surface area contributed by atoms with Crippen LogP contribution in [-0.4, -0.2) is 79.1 Å². The molecule has 0 bridgehead atoms. The summed E-state index contributed by atoms with van der Waals surface area (Å²) >= 11 is 12.0. The van der Waals surface area contributed by atoms with Gasteiger partial charge >= 0.3 is 0 Å². The Labute approximate surface area is 194 Å². The van der Waals surface area contributed by atoms with E-state index in [9.17, 15) is 18.0 Å². The van der Waals surface area contributed by atoms with Crippen LogP contribution in [0.5, 0.6) is 0 Å². The lowest BCUT2D eigenvalue weighted by atomic mass is 10.0. The molecule has 11 heteroatoms. The van der Waals surface area contributed by atoms with Crippen molar-refractivity contribution in [3.05, 3.63) is 33.8 Å². The highest BCUT2D eigenvalue weighted by Crippen LogP contribution is 2.22. The fourth-order valence-electron chi connectivity index (χ4n) is 3.46. The molecule has 1 aromatic rings. The van der Waals surface area contributed by atoms with E-state index in [0.29, 0.717) is 18.1 Å². The van der Waals surface area contributed by atoms with Crippen molar-refractivity contribution < 1.29 is 18.0 Å². The third-order valence-electron chi connectivity index (χ3n) is 5.30. The van der Waals surface area contributed by atoms with Gasteiger partial charge in [-0.3, -0.25) is 9.59 Å². The van der Waals surface area contributed by atoms with Gasteiger partial charge in [-0.2, -0.15) is 17.0 Å². The average Bonchev–Trinajstić information content (AvgIpc) is 2.72. The lowest BCUT2D eigenvalue weighted by molar-refractivity contribution is -0.135. The molecule has 1 heterocycles. The van der Waals surface area contributed by atoms with Crippen LogP contribution in [0.1, 0.15) is 38.1 Å². The van der Waals surface area contributed by atoms with Gasteiger partial charge < -0.3 is 10.2 Å². The van der Waals surface area contributed by atoms with Crippen molar-refractivity contribution in [2.24, 2.45) is 5.92 Å². The molecule has 0 saturated carbocycles. The molecular formula is C20H30Cl2N4O4S. The number of nitrogens with zero attached hydrogens (tertiary/aromatic N) is 3. The fraction of sp³-hybridized carbons (Fsp3) is 0.600. The fourth-order valence-corrected chi connectivity index (χ4v) is 5.55. The van der Waals surface area contributed by atoms with Crippen molar-refractivity contribution >= 4 is 45.2 Å². The summed E-state index contributed by atoms with van der Waals surface area (Å²) < 4.78 is 28.2. The number of nitrogens with one attached hydrogen (secondary N) is 1. The van der Waals surface area contributed by atoms with Gasteiger partial charge in [-0.05, 0) is 24.1 Å². The summed E-state index contributed by atoms with van der Waals surface area (Å²) in [6, 6.07) is 3.79. The van der Waals surface area contributed by atoms with Crippen LogP contribution in [0.15, 0.2) is 18.2 Å². The average molecular weight is 493 g/mol. The number of carbonyl (C=O) groups is 2. The third kappa shape index (κ3) is 6.10. The van der Waals surface area contributed by atoms with Gasteiger partial charge in [0.2, 0.25) is 5.91 Å². The zero-order valence-corrected chi connectivity index (χ0v) is 20.6. The monoisotopic (exact) mass is 492 g/mol. The van der Waals surface area contributed by atoms with Gasteiger partial charge in [-0.1, -0.05) is 50.9 Å². The maximum Gasteiger partial charge on any atom is 0.282 e. The molecule has 2 amide bonds. The number of carbonyl (C=O) groups excluding carboxylic acids is 2. The maximum absolute atomic E-state index is 13.1. The molecule has 1 aliphatic heterocycles. The Bertz CT molecular complexity index is 898. The predicted octanol–water partition coefficient (Wildman–Crippen LogP) is 2.48. The van der Waals surface area contributed by atoms with E-state index in [4.69, 9.17) is 23.2 Å². The second kappa shape index (κ2) is 11.0. The van der Waals surface area contributed by atoms with Crippen molar-refractivity contribution in [2.45, 2.75) is 33.7 Å². The molecular weight excluding hydrogens is 463 g/mol. The minimum Gasteiger partial charge on any atom is -0.340 e. The Kier molecular flexibility index (Phi) is 9.14. The van der Waals surface area contributed by atoms with Crippen molar-refractivity contribution in [3.63, 3.8) is 0 Å². The van der Waals surface area contributed by atoms with Crippen LogP contribution in [-0.2, 0) is 15.0 Å². The normalized spacial score (nSPS) is 16.6. The van der Waals surface area contributed by atoms with Crippen molar-refractivity contribution in [1.29, 1.82) is 0 Å². The highest BCUT2D eigenvalue weighted by Gasteiger charge is 2.35. The standard InChI is InChI=1S/C20H30Cl2N4O4S/c1-5-25(6-2)31(29,30)26-11-9-24(10-12-26)20(28)18(14(3)4)23-19(27)16-8-7-15(21)13-17(16)22/h7-8,13-14,18H,5-6,9-12H2,1-4H3,(H,23,27)/t18-/m0/s1. The number of amides is 2. The zero-order chi connectivity index (χ0) is 23.3. The molecule has 2 rings (SSSR count). The van der Waals surface area contributed by atoms with Crippen LogP contribution >= 0.6 is 23.2 Å². The number of rotatable bonds is 8. The van der Waals surface area contributed by atoms with E-state index in [1.165, 1.54) is 20.7 Å². The van der Waals surface area contributed by atoms with Crippen LogP contribution in [0, 0.1) is 5.92 Å². The quantitative estimate of drug-likeness (QED) is 0.603. The van der Waals surface area contributed by atoms with Gasteiger partial charge in [0.05, 0.1) is 10.6 Å². The Balaban J connectivity index is 2.07. The molecule has 1 N–H and O–H groups in total. The first-order chi connectivity index (χ1) is 14.5. The highest BCUT2D eigenvalue weighted by molar-refractivity contribution is 7.86. The summed E-state index contributed by atoms with van der Waals surface area (Å²) in [4.78, 5) is 27.4. The molecule has 1 aromatic carbocycles. The minimum atomic E-state index is -3.54. The van der Waals surface area contributed by atoms with Crippen molar-refractivity contribution in [3.8, 4) is 0 Å². The van der Waals surface area contributed by atoms with Gasteiger partial charge in [-0.25, -0.2) is 0 Å². The van der Waals surface area contributed by atoms with Crippen molar-refractivity contribution in [2.75, 3.05) is 39.3 Å². The van der Waals surface area contributed by atoms with E-state index in [1.807, 2.05) is 13.8 Å². The lowest BCUT2D eigenvalue weighted by Crippen LogP contribution is -2.58. The molecule has 0 unspecified atom stereocenters. The first-order valence-electron chi connectivity index (χ1n) is 10.3. The molecule has 0 radical (unpaired) electrons. The summed E-state index contributed by atoms with van der Waals surface area (Å²) in [6.45, 7) is 9.02. The number of hydrogen-bond donors (Lipinski definition) is 1. The van der Waals surface area contributed by atoms with E-state index in [0.717, 1.165) is 0 Å². The summed E-state index contributed by atoms with van der Waals surface area (Å²) in [5.41, 5.74) is 0.236. The van der Waals surface area contributed by atoms with Gasteiger partial charge in [0.15, 0.2) is 0 Å². The Morgan fingerprint density at radius 1 is 1.10 bits per heavy atom. The van der Waals surface area contributed by atoms with E-state index in [1.54, 1.807) is 24.8 Å². The van der Waals surface area contributed by atoms with Crippen LogP contribution in [0.3, 0.4) is 0 Å². The zero-order valence-electron chi connectivity index (χ0n) is 18.3. The second-order valence-corrected chi connectivity index (χ2v) is 10.4. The number of halogens is 2. The molecule has 1 aliphatic rings. The summed E-state index contributed by atoms with van der Waals surface area (Å²) in [5, 5.41) is 3.39. The molecule has 1 atom stereocenters. The highest BCUT2D eigenvalue weighted by atomic mass is 35.5. The predicted molar refractivity (Wildman–Crippen MR) is 123 cm³/mol. The topological polar surface area (TPSA) is 90.0 Å². The van der Waals surface area contributed by atoms with Crippen LogP contribution in [0.25, 0.3) is 0 Å². The number of hydrogen-bond acceptors (Lipinski definition) is 4. The SMILES string of the molecule is CCN(CC)S(=O)(=O)N1CCN(C(=O)[C@@H](NC(=O)c2ccc(Cl)cc2Cl)C(C)C)CC1. The van der Waals surface area contributed by atoms with Crippen LogP contribution in [0.4, 0.5) is 0 Å². The smallest absolute Gasteiger partial charge is 0.282 e. The second-order valence-electron chi connectivity index (χ2n) is 7.64. The largest absolute Gasteiger partial charge is 0.340 e.